The Morgan fingerprint density at radius 2 is 2.17 bits per heavy atom. The van der Waals surface area contributed by atoms with Gasteiger partial charge < -0.3 is 10.1 Å². The first-order chi connectivity index (χ1) is 8.72. The van der Waals surface area contributed by atoms with Crippen molar-refractivity contribution in [2.24, 2.45) is 10.9 Å². The van der Waals surface area contributed by atoms with E-state index in [1.54, 1.807) is 13.1 Å². The zero-order chi connectivity index (χ0) is 13.0. The SMILES string of the molecule is CCOC(=O)C1C=NC(=S)NC1c1ccccc1. The van der Waals surface area contributed by atoms with Gasteiger partial charge in [0.15, 0.2) is 5.11 Å². The second-order valence-electron chi connectivity index (χ2n) is 3.89. The van der Waals surface area contributed by atoms with Gasteiger partial charge in [-0.1, -0.05) is 30.3 Å². The summed E-state index contributed by atoms with van der Waals surface area (Å²) in [7, 11) is 0. The average Bonchev–Trinajstić information content (AvgIpc) is 2.40. The van der Waals surface area contributed by atoms with Gasteiger partial charge in [-0.25, -0.2) is 4.99 Å². The molecule has 1 aliphatic heterocycles. The number of carbonyl (C=O) groups is 1. The summed E-state index contributed by atoms with van der Waals surface area (Å²) >= 11 is 5.03. The highest BCUT2D eigenvalue weighted by atomic mass is 32.1. The molecule has 0 amide bonds. The molecule has 1 N–H and O–H groups in total. The predicted molar refractivity (Wildman–Crippen MR) is 73.5 cm³/mol. The normalized spacial score (nSPS) is 22.4. The summed E-state index contributed by atoms with van der Waals surface area (Å²) in [5.74, 6) is -0.732. The Kier molecular flexibility index (Phi) is 4.04. The van der Waals surface area contributed by atoms with Gasteiger partial charge in [0.1, 0.15) is 5.92 Å². The largest absolute Gasteiger partial charge is 0.465 e. The first kappa shape index (κ1) is 12.7. The van der Waals surface area contributed by atoms with Crippen molar-refractivity contribution in [3.63, 3.8) is 0 Å². The fraction of sp³-hybridized carbons (Fsp3) is 0.308. The molecule has 0 aromatic heterocycles. The minimum Gasteiger partial charge on any atom is -0.465 e. The lowest BCUT2D eigenvalue weighted by atomic mass is 9.93. The van der Waals surface area contributed by atoms with Crippen LogP contribution in [0.2, 0.25) is 0 Å². The molecule has 1 aromatic carbocycles. The van der Waals surface area contributed by atoms with E-state index in [4.69, 9.17) is 17.0 Å². The number of thiocarbonyl (C=S) groups is 1. The summed E-state index contributed by atoms with van der Waals surface area (Å²) in [6.45, 7) is 2.14. The standard InChI is InChI=1S/C13H14N2O2S/c1-2-17-12(16)10-8-14-13(18)15-11(10)9-6-4-3-5-7-9/h3-8,10-11H,2H2,1H3,(H,15,18). The maximum atomic E-state index is 11.9. The van der Waals surface area contributed by atoms with E-state index in [-0.39, 0.29) is 12.0 Å². The predicted octanol–water partition coefficient (Wildman–Crippen LogP) is 1.87. The molecule has 94 valence electrons. The Hall–Kier alpha value is -1.75. The van der Waals surface area contributed by atoms with Crippen LogP contribution < -0.4 is 5.32 Å². The third-order valence-corrected chi connectivity index (χ3v) is 2.93. The van der Waals surface area contributed by atoms with Gasteiger partial charge in [-0.2, -0.15) is 0 Å². The lowest BCUT2D eigenvalue weighted by molar-refractivity contribution is -0.146. The fourth-order valence-electron chi connectivity index (χ4n) is 1.88. The van der Waals surface area contributed by atoms with Crippen molar-refractivity contribution in [2.45, 2.75) is 13.0 Å². The van der Waals surface area contributed by atoms with Crippen molar-refractivity contribution < 1.29 is 9.53 Å². The van der Waals surface area contributed by atoms with Gasteiger partial charge in [-0.3, -0.25) is 4.79 Å². The number of hydrogen-bond donors (Lipinski definition) is 1. The van der Waals surface area contributed by atoms with Crippen LogP contribution in [0, 0.1) is 5.92 Å². The lowest BCUT2D eigenvalue weighted by Gasteiger charge is -2.27. The Morgan fingerprint density at radius 3 is 2.83 bits per heavy atom. The van der Waals surface area contributed by atoms with Crippen molar-refractivity contribution in [3.8, 4) is 0 Å². The summed E-state index contributed by atoms with van der Waals surface area (Å²) in [5.41, 5.74) is 0.990. The second kappa shape index (κ2) is 5.73. The zero-order valence-corrected chi connectivity index (χ0v) is 10.8. The Labute approximate surface area is 111 Å². The Bertz CT molecular complexity index is 473. The molecule has 0 fully saturated rings. The first-order valence-electron chi connectivity index (χ1n) is 5.78. The van der Waals surface area contributed by atoms with E-state index in [2.05, 4.69) is 10.3 Å². The van der Waals surface area contributed by atoms with Crippen LogP contribution >= 0.6 is 12.2 Å². The molecule has 18 heavy (non-hydrogen) atoms. The van der Waals surface area contributed by atoms with Gasteiger partial charge >= 0.3 is 5.97 Å². The molecule has 2 unspecified atom stereocenters. The topological polar surface area (TPSA) is 50.7 Å². The smallest absolute Gasteiger partial charge is 0.316 e. The van der Waals surface area contributed by atoms with E-state index in [9.17, 15) is 4.79 Å². The Morgan fingerprint density at radius 1 is 1.44 bits per heavy atom. The third kappa shape index (κ3) is 2.73. The number of rotatable bonds is 3. The van der Waals surface area contributed by atoms with Crippen LogP contribution in [0.1, 0.15) is 18.5 Å². The second-order valence-corrected chi connectivity index (χ2v) is 4.28. The fourth-order valence-corrected chi connectivity index (χ4v) is 2.07. The van der Waals surface area contributed by atoms with Gasteiger partial charge in [0.05, 0.1) is 12.6 Å². The molecule has 1 aromatic rings. The molecule has 0 saturated carbocycles. The molecule has 5 heteroatoms. The highest BCUT2D eigenvalue weighted by Crippen LogP contribution is 2.24. The molecule has 0 bridgehead atoms. The zero-order valence-electron chi connectivity index (χ0n) is 10.00. The van der Waals surface area contributed by atoms with Gasteiger partial charge in [0.25, 0.3) is 0 Å². The van der Waals surface area contributed by atoms with Crippen molar-refractivity contribution in [1.29, 1.82) is 0 Å². The van der Waals surface area contributed by atoms with E-state index in [0.717, 1.165) is 5.56 Å². The van der Waals surface area contributed by atoms with Crippen LogP contribution in [0.3, 0.4) is 0 Å². The monoisotopic (exact) mass is 262 g/mol. The number of nitrogens with one attached hydrogen (secondary N) is 1. The summed E-state index contributed by atoms with van der Waals surface area (Å²) in [6.07, 6.45) is 1.56. The van der Waals surface area contributed by atoms with Crippen molar-refractivity contribution in [2.75, 3.05) is 6.61 Å². The first-order valence-corrected chi connectivity index (χ1v) is 6.19. The van der Waals surface area contributed by atoms with Crippen molar-refractivity contribution in [3.05, 3.63) is 35.9 Å². The molecule has 1 heterocycles. The molecule has 2 atom stereocenters. The van der Waals surface area contributed by atoms with Gasteiger partial charge in [0.2, 0.25) is 0 Å². The number of benzene rings is 1. The van der Waals surface area contributed by atoms with Crippen LogP contribution in [0.15, 0.2) is 35.3 Å². The summed E-state index contributed by atoms with van der Waals surface area (Å²) < 4.78 is 5.05. The van der Waals surface area contributed by atoms with Crippen LogP contribution in [0.4, 0.5) is 0 Å². The number of ether oxygens (including phenoxy) is 1. The van der Waals surface area contributed by atoms with Gasteiger partial charge in [-0.15, -0.1) is 0 Å². The molecular formula is C13H14N2O2S. The summed E-state index contributed by atoms with van der Waals surface area (Å²) in [4.78, 5) is 15.9. The van der Waals surface area contributed by atoms with E-state index < -0.39 is 5.92 Å². The quantitative estimate of drug-likeness (QED) is 0.667. The minimum atomic E-state index is -0.445. The number of hydrogen-bond acceptors (Lipinski definition) is 3. The molecule has 0 spiro atoms. The maximum Gasteiger partial charge on any atom is 0.316 e. The molecule has 4 nitrogen and oxygen atoms in total. The molecule has 0 aliphatic carbocycles. The molecule has 1 aliphatic rings. The van der Waals surface area contributed by atoms with Crippen LogP contribution in [0.5, 0.6) is 0 Å². The molecule has 0 radical (unpaired) electrons. The number of carbonyl (C=O) groups excluding carboxylic acids is 1. The van der Waals surface area contributed by atoms with Gasteiger partial charge in [0, 0.05) is 6.21 Å². The van der Waals surface area contributed by atoms with Crippen LogP contribution in [-0.2, 0) is 9.53 Å². The maximum absolute atomic E-state index is 11.9. The lowest BCUT2D eigenvalue weighted by Crippen LogP contribution is -2.40. The average molecular weight is 262 g/mol. The van der Waals surface area contributed by atoms with Gasteiger partial charge in [-0.05, 0) is 24.7 Å². The molecular weight excluding hydrogens is 248 g/mol. The van der Waals surface area contributed by atoms with Crippen LogP contribution in [0.25, 0.3) is 0 Å². The minimum absolute atomic E-state index is 0.213. The number of aliphatic imine (C=N–C) groups is 1. The van der Waals surface area contributed by atoms with E-state index in [0.29, 0.717) is 11.7 Å². The number of nitrogens with zero attached hydrogens (tertiary/aromatic N) is 1. The number of esters is 1. The van der Waals surface area contributed by atoms with E-state index >= 15 is 0 Å². The van der Waals surface area contributed by atoms with E-state index in [1.165, 1.54) is 0 Å². The van der Waals surface area contributed by atoms with Crippen molar-refractivity contribution in [1.82, 2.24) is 5.32 Å². The summed E-state index contributed by atoms with van der Waals surface area (Å²) in [5, 5.41) is 3.45. The van der Waals surface area contributed by atoms with Crippen LogP contribution in [-0.4, -0.2) is 23.9 Å². The molecule has 0 saturated heterocycles. The highest BCUT2D eigenvalue weighted by Gasteiger charge is 2.32. The third-order valence-electron chi connectivity index (χ3n) is 2.71. The highest BCUT2D eigenvalue weighted by molar-refractivity contribution is 7.80. The summed E-state index contributed by atoms with van der Waals surface area (Å²) in [6, 6.07) is 9.47. The van der Waals surface area contributed by atoms with Crippen molar-refractivity contribution >= 4 is 29.5 Å². The van der Waals surface area contributed by atoms with E-state index in [1.807, 2.05) is 30.3 Å². The molecule has 2 rings (SSSR count). The Balaban J connectivity index is 2.27.